The lowest BCUT2D eigenvalue weighted by Gasteiger charge is -2.15. The summed E-state index contributed by atoms with van der Waals surface area (Å²) in [4.78, 5) is 23.6. The van der Waals surface area contributed by atoms with Gasteiger partial charge in [-0.25, -0.2) is 4.39 Å². The summed E-state index contributed by atoms with van der Waals surface area (Å²) < 4.78 is 18.7. The summed E-state index contributed by atoms with van der Waals surface area (Å²) in [6.07, 6.45) is 1.80. The molecule has 0 radical (unpaired) electrons. The van der Waals surface area contributed by atoms with Gasteiger partial charge in [-0.2, -0.15) is 0 Å². The number of hydrogen-bond acceptors (Lipinski definition) is 3. The number of amides is 2. The molecule has 0 fully saturated rings. The Labute approximate surface area is 149 Å². The van der Waals surface area contributed by atoms with Crippen LogP contribution in [-0.2, 0) is 9.59 Å². The second-order valence-electron chi connectivity index (χ2n) is 5.06. The highest BCUT2D eigenvalue weighted by Gasteiger charge is 2.16. The fourth-order valence-electron chi connectivity index (χ4n) is 1.83. The van der Waals surface area contributed by atoms with Gasteiger partial charge in [0.25, 0.3) is 11.8 Å². The molecule has 25 heavy (non-hydrogen) atoms. The molecule has 0 aromatic heterocycles. The molecule has 0 heterocycles. The Morgan fingerprint density at radius 1 is 1.16 bits per heavy atom. The van der Waals surface area contributed by atoms with Gasteiger partial charge in [0.15, 0.2) is 17.7 Å². The Kier molecular flexibility index (Phi) is 6.54. The second-order valence-corrected chi connectivity index (χ2v) is 5.49. The topological polar surface area (TPSA) is 67.4 Å². The van der Waals surface area contributed by atoms with Crippen molar-refractivity contribution in [1.29, 1.82) is 0 Å². The van der Waals surface area contributed by atoms with Crippen LogP contribution in [0.2, 0.25) is 5.02 Å². The Balaban J connectivity index is 1.82. The molecule has 130 valence electrons. The van der Waals surface area contributed by atoms with Crippen LogP contribution in [0.4, 0.5) is 4.39 Å². The van der Waals surface area contributed by atoms with Crippen molar-refractivity contribution < 1.29 is 18.7 Å². The molecule has 0 spiro atoms. The van der Waals surface area contributed by atoms with Gasteiger partial charge < -0.3 is 4.74 Å². The van der Waals surface area contributed by atoms with Crippen molar-refractivity contribution >= 4 is 29.5 Å². The molecule has 2 rings (SSSR count). The molecule has 7 heteroatoms. The minimum Gasteiger partial charge on any atom is -0.478 e. The van der Waals surface area contributed by atoms with E-state index in [-0.39, 0.29) is 5.75 Å². The molecule has 0 aliphatic carbocycles. The van der Waals surface area contributed by atoms with E-state index in [1.807, 2.05) is 0 Å². The lowest BCUT2D eigenvalue weighted by atomic mass is 10.2. The summed E-state index contributed by atoms with van der Waals surface area (Å²) in [7, 11) is 0. The van der Waals surface area contributed by atoms with E-state index in [9.17, 15) is 14.0 Å². The number of rotatable bonds is 5. The van der Waals surface area contributed by atoms with Gasteiger partial charge in [0.2, 0.25) is 0 Å². The quantitative estimate of drug-likeness (QED) is 0.634. The zero-order chi connectivity index (χ0) is 18.2. The van der Waals surface area contributed by atoms with Gasteiger partial charge in [0, 0.05) is 11.1 Å². The number of halogens is 2. The fraction of sp³-hybridized carbons (Fsp3) is 0.111. The molecular weight excluding hydrogens is 347 g/mol. The highest BCUT2D eigenvalue weighted by Crippen LogP contribution is 2.16. The van der Waals surface area contributed by atoms with Crippen LogP contribution in [-0.4, -0.2) is 17.9 Å². The predicted molar refractivity (Wildman–Crippen MR) is 93.3 cm³/mol. The summed E-state index contributed by atoms with van der Waals surface area (Å²) in [5, 5.41) is 0.551. The average molecular weight is 363 g/mol. The molecule has 0 bridgehead atoms. The third-order valence-electron chi connectivity index (χ3n) is 3.09. The van der Waals surface area contributed by atoms with Gasteiger partial charge >= 0.3 is 0 Å². The number of ether oxygens (including phenoxy) is 1. The first-order valence-corrected chi connectivity index (χ1v) is 7.78. The maximum atomic E-state index is 13.5. The largest absolute Gasteiger partial charge is 0.478 e. The van der Waals surface area contributed by atoms with Crippen molar-refractivity contribution in [2.75, 3.05) is 0 Å². The Morgan fingerprint density at radius 3 is 2.64 bits per heavy atom. The van der Waals surface area contributed by atoms with Crippen LogP contribution < -0.4 is 15.6 Å². The van der Waals surface area contributed by atoms with Crippen LogP contribution in [0.3, 0.4) is 0 Å². The molecule has 1 atom stereocenters. The van der Waals surface area contributed by atoms with Gasteiger partial charge in [0.05, 0.1) is 0 Å². The van der Waals surface area contributed by atoms with E-state index in [0.29, 0.717) is 5.02 Å². The first-order valence-electron chi connectivity index (χ1n) is 7.40. The lowest BCUT2D eigenvalue weighted by Crippen LogP contribution is -2.46. The number of carbonyl (C=O) groups excluding carboxylic acids is 2. The van der Waals surface area contributed by atoms with Crippen molar-refractivity contribution in [3.8, 4) is 5.75 Å². The first-order chi connectivity index (χ1) is 12.0. The fourth-order valence-corrected chi connectivity index (χ4v) is 2.03. The Hall–Kier alpha value is -2.86. The molecular formula is C18H16ClFN2O3. The van der Waals surface area contributed by atoms with Crippen LogP contribution in [0, 0.1) is 5.82 Å². The Morgan fingerprint density at radius 2 is 1.92 bits per heavy atom. The van der Waals surface area contributed by atoms with E-state index in [4.69, 9.17) is 16.3 Å². The summed E-state index contributed by atoms with van der Waals surface area (Å²) in [5.74, 6) is -1.77. The van der Waals surface area contributed by atoms with Gasteiger partial charge in [-0.15, -0.1) is 0 Å². The summed E-state index contributed by atoms with van der Waals surface area (Å²) in [6, 6.07) is 12.7. The lowest BCUT2D eigenvalue weighted by molar-refractivity contribution is -0.131. The number of benzene rings is 2. The molecule has 2 aromatic rings. The van der Waals surface area contributed by atoms with E-state index >= 15 is 0 Å². The maximum Gasteiger partial charge on any atom is 0.279 e. The molecule has 1 unspecified atom stereocenters. The molecule has 2 amide bonds. The van der Waals surface area contributed by atoms with E-state index < -0.39 is 23.7 Å². The van der Waals surface area contributed by atoms with E-state index in [1.54, 1.807) is 36.4 Å². The first kappa shape index (κ1) is 18.5. The minimum absolute atomic E-state index is 0.0441. The van der Waals surface area contributed by atoms with Gasteiger partial charge in [-0.1, -0.05) is 35.9 Å². The van der Waals surface area contributed by atoms with E-state index in [0.717, 1.165) is 5.56 Å². The van der Waals surface area contributed by atoms with Crippen LogP contribution >= 0.6 is 11.6 Å². The van der Waals surface area contributed by atoms with Crippen LogP contribution in [0.15, 0.2) is 54.6 Å². The number of nitrogens with one attached hydrogen (secondary N) is 2. The van der Waals surface area contributed by atoms with Crippen molar-refractivity contribution in [3.05, 3.63) is 71.0 Å². The molecule has 0 saturated carbocycles. The molecule has 5 nitrogen and oxygen atoms in total. The average Bonchev–Trinajstić information content (AvgIpc) is 2.59. The maximum absolute atomic E-state index is 13.5. The van der Waals surface area contributed by atoms with Crippen molar-refractivity contribution in [2.45, 2.75) is 13.0 Å². The highest BCUT2D eigenvalue weighted by molar-refractivity contribution is 6.30. The molecule has 0 aliphatic heterocycles. The predicted octanol–water partition coefficient (Wildman–Crippen LogP) is 3.11. The molecule has 0 aliphatic rings. The Bertz CT molecular complexity index is 795. The number of hydrogen-bond donors (Lipinski definition) is 2. The summed E-state index contributed by atoms with van der Waals surface area (Å²) in [6.45, 7) is 1.44. The monoisotopic (exact) mass is 362 g/mol. The standard InChI is InChI=1S/C18H16ClFN2O3/c1-12(25-16-8-3-2-7-15(16)20)18(24)22-21-17(23)10-9-13-5-4-6-14(19)11-13/h2-12H,1H3,(H,21,23)(H,22,24)/b10-9+. The van der Waals surface area contributed by atoms with Crippen molar-refractivity contribution in [2.24, 2.45) is 0 Å². The molecule has 0 saturated heterocycles. The van der Waals surface area contributed by atoms with Gasteiger partial charge in [0.1, 0.15) is 0 Å². The third kappa shape index (κ3) is 5.93. The third-order valence-corrected chi connectivity index (χ3v) is 3.33. The number of carbonyl (C=O) groups is 2. The number of hydrazine groups is 1. The van der Waals surface area contributed by atoms with Crippen molar-refractivity contribution in [3.63, 3.8) is 0 Å². The SMILES string of the molecule is CC(Oc1ccccc1F)C(=O)NNC(=O)/C=C/c1cccc(Cl)c1. The van der Waals surface area contributed by atoms with Gasteiger partial charge in [-0.05, 0) is 42.8 Å². The van der Waals surface area contributed by atoms with Crippen molar-refractivity contribution in [1.82, 2.24) is 10.9 Å². The smallest absolute Gasteiger partial charge is 0.279 e. The van der Waals surface area contributed by atoms with E-state index in [2.05, 4.69) is 10.9 Å². The molecule has 2 aromatic carbocycles. The van der Waals surface area contributed by atoms with E-state index in [1.165, 1.54) is 31.2 Å². The van der Waals surface area contributed by atoms with Gasteiger partial charge in [-0.3, -0.25) is 20.4 Å². The van der Waals surface area contributed by atoms with Crippen LogP contribution in [0.5, 0.6) is 5.75 Å². The summed E-state index contributed by atoms with van der Waals surface area (Å²) in [5.41, 5.74) is 5.16. The highest BCUT2D eigenvalue weighted by atomic mass is 35.5. The van der Waals surface area contributed by atoms with Crippen LogP contribution in [0.25, 0.3) is 6.08 Å². The second kappa shape index (κ2) is 8.84. The molecule has 2 N–H and O–H groups in total. The normalized spacial score (nSPS) is 11.8. The zero-order valence-electron chi connectivity index (χ0n) is 13.3. The zero-order valence-corrected chi connectivity index (χ0v) is 14.1. The summed E-state index contributed by atoms with van der Waals surface area (Å²) >= 11 is 5.84. The van der Waals surface area contributed by atoms with Crippen LogP contribution in [0.1, 0.15) is 12.5 Å². The minimum atomic E-state index is -0.992. The number of para-hydroxylation sites is 1.